The van der Waals surface area contributed by atoms with Gasteiger partial charge in [-0.05, 0) is 55.4 Å². The number of piperidine rings is 1. The Labute approximate surface area is 213 Å². The zero-order chi connectivity index (χ0) is 25.5. The molecule has 3 unspecified atom stereocenters. The summed E-state index contributed by atoms with van der Waals surface area (Å²) in [5, 5.41) is 9.64. The van der Waals surface area contributed by atoms with Gasteiger partial charge in [0, 0.05) is 13.2 Å². The van der Waals surface area contributed by atoms with Crippen molar-refractivity contribution in [1.29, 1.82) is 0 Å². The largest absolute Gasteiger partial charge is 0.377 e. The highest BCUT2D eigenvalue weighted by Crippen LogP contribution is 2.35. The van der Waals surface area contributed by atoms with Crippen LogP contribution in [0.25, 0.3) is 0 Å². The van der Waals surface area contributed by atoms with Crippen molar-refractivity contribution in [1.82, 2.24) is 4.90 Å². The zero-order valence-corrected chi connectivity index (χ0v) is 21.3. The SMILES string of the molecule is Cc1ccc(S(=O)(=O)C2C(=O)N(Cc3ccccc3)C(O)CC2CCCOCc2ccccc2)cc1. The summed E-state index contributed by atoms with van der Waals surface area (Å²) >= 11 is 0. The molecule has 0 aromatic heterocycles. The predicted octanol–water partition coefficient (Wildman–Crippen LogP) is 4.50. The van der Waals surface area contributed by atoms with E-state index < -0.39 is 33.1 Å². The topological polar surface area (TPSA) is 83.9 Å². The molecule has 6 nitrogen and oxygen atoms in total. The highest BCUT2D eigenvalue weighted by molar-refractivity contribution is 7.92. The van der Waals surface area contributed by atoms with Gasteiger partial charge < -0.3 is 14.7 Å². The van der Waals surface area contributed by atoms with Gasteiger partial charge >= 0.3 is 0 Å². The predicted molar refractivity (Wildman–Crippen MR) is 139 cm³/mol. The minimum atomic E-state index is -3.95. The second kappa shape index (κ2) is 11.8. The lowest BCUT2D eigenvalue weighted by Crippen LogP contribution is -2.56. The van der Waals surface area contributed by atoms with E-state index in [4.69, 9.17) is 4.74 Å². The first kappa shape index (κ1) is 26.1. The Morgan fingerprint density at radius 3 is 2.17 bits per heavy atom. The Morgan fingerprint density at radius 2 is 1.53 bits per heavy atom. The van der Waals surface area contributed by atoms with Crippen LogP contribution in [0.3, 0.4) is 0 Å². The van der Waals surface area contributed by atoms with Gasteiger partial charge in [0.05, 0.1) is 11.5 Å². The van der Waals surface area contributed by atoms with Gasteiger partial charge in [0.15, 0.2) is 9.84 Å². The summed E-state index contributed by atoms with van der Waals surface area (Å²) in [6, 6.07) is 25.7. The van der Waals surface area contributed by atoms with Gasteiger partial charge in [0.1, 0.15) is 11.5 Å². The van der Waals surface area contributed by atoms with E-state index in [-0.39, 0.29) is 17.9 Å². The number of rotatable bonds is 10. The van der Waals surface area contributed by atoms with Crippen LogP contribution in [-0.2, 0) is 32.5 Å². The Balaban J connectivity index is 1.51. The number of sulfone groups is 1. The molecule has 0 radical (unpaired) electrons. The van der Waals surface area contributed by atoms with Crippen LogP contribution in [0.5, 0.6) is 0 Å². The third-order valence-corrected chi connectivity index (χ3v) is 8.87. The second-order valence-electron chi connectivity index (χ2n) is 9.39. The van der Waals surface area contributed by atoms with Crippen LogP contribution in [0, 0.1) is 12.8 Å². The van der Waals surface area contributed by atoms with Crippen molar-refractivity contribution in [2.45, 2.75) is 55.7 Å². The van der Waals surface area contributed by atoms with Crippen LogP contribution < -0.4 is 0 Å². The van der Waals surface area contributed by atoms with Crippen molar-refractivity contribution in [3.05, 3.63) is 102 Å². The molecule has 1 saturated heterocycles. The molecule has 4 rings (SSSR count). The molecule has 190 valence electrons. The number of aliphatic hydroxyl groups excluding tert-OH is 1. The molecule has 3 aromatic carbocycles. The second-order valence-corrected chi connectivity index (χ2v) is 11.5. The number of carbonyl (C=O) groups excluding carboxylic acids is 1. The van der Waals surface area contributed by atoms with Gasteiger partial charge in [-0.15, -0.1) is 0 Å². The van der Waals surface area contributed by atoms with Crippen LogP contribution in [0.1, 0.15) is 36.0 Å². The van der Waals surface area contributed by atoms with E-state index in [0.29, 0.717) is 26.1 Å². The number of hydrogen-bond donors (Lipinski definition) is 1. The van der Waals surface area contributed by atoms with Crippen molar-refractivity contribution >= 4 is 15.7 Å². The molecule has 0 bridgehead atoms. The molecule has 3 atom stereocenters. The fraction of sp³-hybridized carbons (Fsp3) is 0.345. The minimum Gasteiger partial charge on any atom is -0.377 e. The number of aliphatic hydroxyl groups is 1. The summed E-state index contributed by atoms with van der Waals surface area (Å²) in [4.78, 5) is 15.1. The Bertz CT molecular complexity index is 1230. The molecule has 7 heteroatoms. The molecule has 1 aliphatic rings. The van der Waals surface area contributed by atoms with E-state index >= 15 is 0 Å². The molecule has 0 saturated carbocycles. The minimum absolute atomic E-state index is 0.132. The van der Waals surface area contributed by atoms with Crippen LogP contribution in [0.15, 0.2) is 89.8 Å². The number of amides is 1. The first-order valence-corrected chi connectivity index (χ1v) is 13.9. The molecule has 3 aromatic rings. The molecular weight excluding hydrogens is 474 g/mol. The van der Waals surface area contributed by atoms with Gasteiger partial charge in [0.2, 0.25) is 5.91 Å². The number of likely N-dealkylation sites (tertiary alicyclic amines) is 1. The Morgan fingerprint density at radius 1 is 0.917 bits per heavy atom. The van der Waals surface area contributed by atoms with Crippen molar-refractivity contribution in [2.24, 2.45) is 5.92 Å². The first-order chi connectivity index (χ1) is 17.4. The number of carbonyl (C=O) groups is 1. The first-order valence-electron chi connectivity index (χ1n) is 12.3. The van der Waals surface area contributed by atoms with Gasteiger partial charge in [-0.1, -0.05) is 78.4 Å². The average molecular weight is 508 g/mol. The van der Waals surface area contributed by atoms with E-state index in [9.17, 15) is 18.3 Å². The molecular formula is C29H33NO5S. The van der Waals surface area contributed by atoms with Crippen LogP contribution >= 0.6 is 0 Å². The fourth-order valence-corrected chi connectivity index (χ4v) is 6.70. The highest BCUT2D eigenvalue weighted by atomic mass is 32.2. The number of hydrogen-bond acceptors (Lipinski definition) is 5. The standard InChI is InChI=1S/C29H33NO5S/c1-22-14-16-26(17-15-22)36(33,34)28-25(13-8-18-35-21-24-11-6-3-7-12-24)19-27(31)30(29(28)32)20-23-9-4-2-5-10-23/h2-7,9-12,14-17,25,27-28,31H,8,13,18-21H2,1H3. The molecule has 1 aliphatic heterocycles. The van der Waals surface area contributed by atoms with Crippen molar-refractivity contribution in [3.63, 3.8) is 0 Å². The van der Waals surface area contributed by atoms with E-state index in [1.165, 1.54) is 4.90 Å². The average Bonchev–Trinajstić information content (AvgIpc) is 2.87. The summed E-state index contributed by atoms with van der Waals surface area (Å²) in [6.07, 6.45) is 0.216. The summed E-state index contributed by atoms with van der Waals surface area (Å²) in [6.45, 7) is 2.97. The van der Waals surface area contributed by atoms with Crippen LogP contribution in [-0.4, -0.2) is 42.4 Å². The monoisotopic (exact) mass is 507 g/mol. The van der Waals surface area contributed by atoms with Crippen molar-refractivity contribution < 1.29 is 23.1 Å². The van der Waals surface area contributed by atoms with Crippen molar-refractivity contribution in [3.8, 4) is 0 Å². The fourth-order valence-electron chi connectivity index (χ4n) is 4.74. The smallest absolute Gasteiger partial charge is 0.243 e. The third-order valence-electron chi connectivity index (χ3n) is 6.68. The number of nitrogens with zero attached hydrogens (tertiary/aromatic N) is 1. The number of benzene rings is 3. The molecule has 1 amide bonds. The van der Waals surface area contributed by atoms with Crippen LogP contribution in [0.4, 0.5) is 0 Å². The normalized spacial score (nSPS) is 20.4. The third kappa shape index (κ3) is 6.22. The summed E-state index contributed by atoms with van der Waals surface area (Å²) in [5.74, 6) is -1.06. The van der Waals surface area contributed by atoms with E-state index in [1.54, 1.807) is 24.3 Å². The maximum absolute atomic E-state index is 13.7. The summed E-state index contributed by atoms with van der Waals surface area (Å²) in [7, 11) is -3.95. The lowest BCUT2D eigenvalue weighted by atomic mass is 9.89. The van der Waals surface area contributed by atoms with Gasteiger partial charge in [-0.2, -0.15) is 0 Å². The Hall–Kier alpha value is -3.00. The van der Waals surface area contributed by atoms with Gasteiger partial charge in [0.25, 0.3) is 0 Å². The maximum Gasteiger partial charge on any atom is 0.243 e. The zero-order valence-electron chi connectivity index (χ0n) is 20.5. The maximum atomic E-state index is 13.7. The molecule has 0 aliphatic carbocycles. The van der Waals surface area contributed by atoms with Gasteiger partial charge in [-0.3, -0.25) is 4.79 Å². The molecule has 0 spiro atoms. The number of ether oxygens (including phenoxy) is 1. The van der Waals surface area contributed by atoms with E-state index in [1.807, 2.05) is 67.6 Å². The van der Waals surface area contributed by atoms with E-state index in [0.717, 1.165) is 16.7 Å². The summed E-state index contributed by atoms with van der Waals surface area (Å²) in [5.41, 5.74) is 2.85. The summed E-state index contributed by atoms with van der Waals surface area (Å²) < 4.78 is 33.3. The van der Waals surface area contributed by atoms with Crippen LogP contribution in [0.2, 0.25) is 0 Å². The van der Waals surface area contributed by atoms with Crippen molar-refractivity contribution in [2.75, 3.05) is 6.61 Å². The Kier molecular flexibility index (Phi) is 8.56. The lowest BCUT2D eigenvalue weighted by Gasteiger charge is -2.41. The van der Waals surface area contributed by atoms with Gasteiger partial charge in [-0.25, -0.2) is 8.42 Å². The molecule has 1 N–H and O–H groups in total. The quantitative estimate of drug-likeness (QED) is 0.409. The molecule has 36 heavy (non-hydrogen) atoms. The number of aryl methyl sites for hydroxylation is 1. The van der Waals surface area contributed by atoms with E-state index in [2.05, 4.69) is 0 Å². The molecule has 1 heterocycles. The molecule has 1 fully saturated rings. The lowest BCUT2D eigenvalue weighted by molar-refractivity contribution is -0.150. The highest BCUT2D eigenvalue weighted by Gasteiger charge is 2.48.